The van der Waals surface area contributed by atoms with Gasteiger partial charge in [-0.15, -0.1) is 5.10 Å². The molecular weight excluding hydrogens is 234 g/mol. The third kappa shape index (κ3) is 1.66. The second kappa shape index (κ2) is 4.21. The lowest BCUT2D eigenvalue weighted by Crippen LogP contribution is -2.22. The number of aryl methyl sites for hydroxylation is 3. The van der Waals surface area contributed by atoms with E-state index in [-0.39, 0.29) is 17.4 Å². The van der Waals surface area contributed by atoms with Gasteiger partial charge in [-0.1, -0.05) is 12.1 Å². The summed E-state index contributed by atoms with van der Waals surface area (Å²) < 4.78 is 7.50. The Balaban J connectivity index is 2.85. The molecule has 0 amide bonds. The fourth-order valence-electron chi connectivity index (χ4n) is 1.83. The van der Waals surface area contributed by atoms with Crippen LogP contribution in [0.4, 0.5) is 0 Å². The quantitative estimate of drug-likeness (QED) is 0.858. The summed E-state index contributed by atoms with van der Waals surface area (Å²) in [6, 6.07) is 3.78. The summed E-state index contributed by atoms with van der Waals surface area (Å²) >= 11 is 0. The number of aromatic nitrogens is 3. The average Bonchev–Trinajstić information content (AvgIpc) is 2.62. The molecule has 96 valence electrons. The second-order valence-electron chi connectivity index (χ2n) is 4.12. The first-order valence-corrected chi connectivity index (χ1v) is 5.47. The lowest BCUT2D eigenvalue weighted by molar-refractivity contribution is 0.366. The normalized spacial score (nSPS) is 10.7. The van der Waals surface area contributed by atoms with Gasteiger partial charge in [0.25, 0.3) is 0 Å². The van der Waals surface area contributed by atoms with Crippen LogP contribution in [-0.2, 0) is 7.05 Å². The molecule has 0 spiro atoms. The molecule has 0 fully saturated rings. The number of benzene rings is 1. The Morgan fingerprint density at radius 2 is 1.89 bits per heavy atom. The highest BCUT2D eigenvalue weighted by Crippen LogP contribution is 2.30. The molecule has 0 unspecified atom stereocenters. The average molecular weight is 249 g/mol. The molecule has 18 heavy (non-hydrogen) atoms. The van der Waals surface area contributed by atoms with Crippen molar-refractivity contribution in [1.82, 2.24) is 14.3 Å². The highest BCUT2D eigenvalue weighted by atomic mass is 16.5. The fourth-order valence-corrected chi connectivity index (χ4v) is 1.83. The summed E-state index contributed by atoms with van der Waals surface area (Å²) in [5.41, 5.74) is 1.50. The van der Waals surface area contributed by atoms with Crippen LogP contribution in [0.25, 0.3) is 5.69 Å². The van der Waals surface area contributed by atoms with Crippen molar-refractivity contribution >= 4 is 0 Å². The van der Waals surface area contributed by atoms with Crippen molar-refractivity contribution in [1.29, 1.82) is 0 Å². The first-order chi connectivity index (χ1) is 8.47. The molecule has 1 aromatic carbocycles. The monoisotopic (exact) mass is 249 g/mol. The van der Waals surface area contributed by atoms with Crippen molar-refractivity contribution in [2.24, 2.45) is 7.05 Å². The van der Waals surface area contributed by atoms with E-state index in [0.717, 1.165) is 5.56 Å². The number of nitrogens with zero attached hydrogens (tertiary/aromatic N) is 3. The first-order valence-electron chi connectivity index (χ1n) is 5.47. The van der Waals surface area contributed by atoms with E-state index in [1.807, 2.05) is 13.0 Å². The molecule has 1 heterocycles. The van der Waals surface area contributed by atoms with Crippen molar-refractivity contribution in [2.45, 2.75) is 13.8 Å². The van der Waals surface area contributed by atoms with Gasteiger partial charge in [-0.05, 0) is 25.0 Å². The summed E-state index contributed by atoms with van der Waals surface area (Å²) in [5, 5.41) is 14.1. The largest absolute Gasteiger partial charge is 0.505 e. The van der Waals surface area contributed by atoms with Crippen LogP contribution in [-0.4, -0.2) is 26.6 Å². The molecular formula is C12H15N3O3. The van der Waals surface area contributed by atoms with E-state index in [1.165, 1.54) is 23.4 Å². The summed E-state index contributed by atoms with van der Waals surface area (Å²) in [6.45, 7) is 3.58. The predicted molar refractivity (Wildman–Crippen MR) is 66.5 cm³/mol. The number of methoxy groups -OCH3 is 1. The van der Waals surface area contributed by atoms with Gasteiger partial charge >= 0.3 is 11.7 Å². The van der Waals surface area contributed by atoms with Gasteiger partial charge in [0.2, 0.25) is 0 Å². The maximum Gasteiger partial charge on any atom is 0.353 e. The Morgan fingerprint density at radius 1 is 1.28 bits per heavy atom. The molecule has 0 bridgehead atoms. The molecule has 0 aliphatic carbocycles. The van der Waals surface area contributed by atoms with Gasteiger partial charge in [-0.3, -0.25) is 0 Å². The number of phenolic OH excluding ortho intramolecular Hbond substituents is 1. The van der Waals surface area contributed by atoms with E-state index in [9.17, 15) is 9.90 Å². The molecule has 6 nitrogen and oxygen atoms in total. The van der Waals surface area contributed by atoms with Crippen molar-refractivity contribution in [2.75, 3.05) is 7.11 Å². The zero-order valence-corrected chi connectivity index (χ0v) is 10.8. The fraction of sp³-hybridized carbons (Fsp3) is 0.333. The van der Waals surface area contributed by atoms with E-state index in [0.29, 0.717) is 11.3 Å². The maximum absolute atomic E-state index is 12.0. The predicted octanol–water partition coefficient (Wildman–Crippen LogP) is 0.902. The summed E-state index contributed by atoms with van der Waals surface area (Å²) in [7, 11) is 2.96. The summed E-state index contributed by atoms with van der Waals surface area (Å²) in [6.07, 6.45) is 0. The Hall–Kier alpha value is -2.24. The summed E-state index contributed by atoms with van der Waals surface area (Å²) in [5.74, 6) is 0.0587. The Bertz CT molecular complexity index is 655. The van der Waals surface area contributed by atoms with Crippen LogP contribution in [0.2, 0.25) is 0 Å². The van der Waals surface area contributed by atoms with Crippen LogP contribution >= 0.6 is 0 Å². The molecule has 0 radical (unpaired) electrons. The van der Waals surface area contributed by atoms with E-state index >= 15 is 0 Å². The van der Waals surface area contributed by atoms with Gasteiger partial charge in [0.05, 0.1) is 7.11 Å². The number of ether oxygens (including phenoxy) is 1. The Kier molecular flexibility index (Phi) is 2.86. The standard InChI is InChI=1S/C12H15N3O3/c1-7-5-6-8(2)10(16)9(7)15-11(18-4)13-14(3)12(15)17/h5-6,16H,1-4H3. The number of rotatable bonds is 2. The minimum absolute atomic E-state index is 0.0587. The third-order valence-corrected chi connectivity index (χ3v) is 2.86. The smallest absolute Gasteiger partial charge is 0.353 e. The van der Waals surface area contributed by atoms with Crippen LogP contribution in [0.3, 0.4) is 0 Å². The van der Waals surface area contributed by atoms with Crippen molar-refractivity contribution < 1.29 is 9.84 Å². The molecule has 2 aromatic rings. The second-order valence-corrected chi connectivity index (χ2v) is 4.12. The lowest BCUT2D eigenvalue weighted by atomic mass is 10.1. The van der Waals surface area contributed by atoms with Crippen LogP contribution in [0.1, 0.15) is 11.1 Å². The van der Waals surface area contributed by atoms with Gasteiger partial charge in [0, 0.05) is 7.05 Å². The number of hydrogen-bond acceptors (Lipinski definition) is 4. The molecule has 1 aromatic heterocycles. The molecule has 2 rings (SSSR count). The summed E-state index contributed by atoms with van der Waals surface area (Å²) in [4.78, 5) is 12.0. The third-order valence-electron chi connectivity index (χ3n) is 2.86. The highest BCUT2D eigenvalue weighted by Gasteiger charge is 2.19. The molecule has 0 aliphatic heterocycles. The lowest BCUT2D eigenvalue weighted by Gasteiger charge is -2.11. The Morgan fingerprint density at radius 3 is 2.50 bits per heavy atom. The number of aromatic hydroxyl groups is 1. The number of phenols is 1. The van der Waals surface area contributed by atoms with E-state index < -0.39 is 0 Å². The SMILES string of the molecule is COc1nn(C)c(=O)n1-c1c(C)ccc(C)c1O. The van der Waals surface area contributed by atoms with Crippen molar-refractivity contribution in [3.05, 3.63) is 33.7 Å². The van der Waals surface area contributed by atoms with Gasteiger partial charge in [0.15, 0.2) is 0 Å². The van der Waals surface area contributed by atoms with Crippen LogP contribution in [0, 0.1) is 13.8 Å². The molecule has 0 atom stereocenters. The molecule has 0 saturated carbocycles. The minimum Gasteiger partial charge on any atom is -0.505 e. The van der Waals surface area contributed by atoms with Gasteiger partial charge < -0.3 is 9.84 Å². The molecule has 1 N–H and O–H groups in total. The van der Waals surface area contributed by atoms with E-state index in [2.05, 4.69) is 5.10 Å². The minimum atomic E-state index is -0.365. The van der Waals surface area contributed by atoms with E-state index in [4.69, 9.17) is 4.74 Å². The Labute approximate surface area is 104 Å². The zero-order chi connectivity index (χ0) is 13.4. The van der Waals surface area contributed by atoms with E-state index in [1.54, 1.807) is 13.0 Å². The van der Waals surface area contributed by atoms with Gasteiger partial charge in [-0.2, -0.15) is 0 Å². The molecule has 0 saturated heterocycles. The van der Waals surface area contributed by atoms with Crippen LogP contribution < -0.4 is 10.4 Å². The van der Waals surface area contributed by atoms with Gasteiger partial charge in [0.1, 0.15) is 11.4 Å². The van der Waals surface area contributed by atoms with Crippen LogP contribution in [0.5, 0.6) is 11.8 Å². The first kappa shape index (κ1) is 12.2. The van der Waals surface area contributed by atoms with Crippen molar-refractivity contribution in [3.63, 3.8) is 0 Å². The topological polar surface area (TPSA) is 69.3 Å². The molecule has 0 aliphatic rings. The van der Waals surface area contributed by atoms with Gasteiger partial charge in [-0.25, -0.2) is 14.0 Å². The van der Waals surface area contributed by atoms with Crippen molar-refractivity contribution in [3.8, 4) is 17.4 Å². The zero-order valence-electron chi connectivity index (χ0n) is 10.8. The number of hydrogen-bond donors (Lipinski definition) is 1. The maximum atomic E-state index is 12.0. The van der Waals surface area contributed by atoms with Crippen LogP contribution in [0.15, 0.2) is 16.9 Å². The highest BCUT2D eigenvalue weighted by molar-refractivity contribution is 5.56. The molecule has 6 heteroatoms.